The normalized spacial score (nSPS) is 16.7. The number of amides is 2. The summed E-state index contributed by atoms with van der Waals surface area (Å²) < 4.78 is 19.1. The molecule has 3 aromatic heterocycles. The second kappa shape index (κ2) is 11.9. The standard InChI is InChI=1S/C27H33BrClN3O5S2/c1-26(2,3)36-24(33)31-10-9-18(35-12-11-31)23-20(28)21-22(39-23)17(14-19(29)30-21)32(15-16-8-7-13-38-16)25(34)37-27(4,5)6/h7-8,13-14,18H,9-12,15H2,1-6H3. The summed E-state index contributed by atoms with van der Waals surface area (Å²) in [5.41, 5.74) is 0.0290. The fraction of sp³-hybridized carbons (Fsp3) is 0.519. The predicted octanol–water partition coefficient (Wildman–Crippen LogP) is 8.41. The second-order valence-corrected chi connectivity index (χ2v) is 14.4. The van der Waals surface area contributed by atoms with Crippen LogP contribution in [-0.4, -0.2) is 53.0 Å². The molecule has 0 spiro atoms. The van der Waals surface area contributed by atoms with Gasteiger partial charge in [-0.3, -0.25) is 4.90 Å². The Morgan fingerprint density at radius 3 is 2.56 bits per heavy atom. The molecule has 0 radical (unpaired) electrons. The van der Waals surface area contributed by atoms with Gasteiger partial charge < -0.3 is 19.1 Å². The molecule has 1 saturated heterocycles. The number of ether oxygens (including phenoxy) is 3. The van der Waals surface area contributed by atoms with Crippen molar-refractivity contribution in [2.24, 2.45) is 0 Å². The molecule has 0 saturated carbocycles. The quantitative estimate of drug-likeness (QED) is 0.262. The number of nitrogens with zero attached hydrogens (tertiary/aromatic N) is 3. The first kappa shape index (κ1) is 30.0. The molecule has 212 valence electrons. The van der Waals surface area contributed by atoms with Crippen LogP contribution < -0.4 is 4.90 Å². The number of fused-ring (bicyclic) bond motifs is 1. The van der Waals surface area contributed by atoms with E-state index in [1.807, 2.05) is 59.1 Å². The van der Waals surface area contributed by atoms with Gasteiger partial charge >= 0.3 is 12.2 Å². The molecule has 4 heterocycles. The minimum absolute atomic E-state index is 0.264. The van der Waals surface area contributed by atoms with Gasteiger partial charge in [0.05, 0.1) is 44.5 Å². The minimum Gasteiger partial charge on any atom is -0.444 e. The maximum Gasteiger partial charge on any atom is 0.415 e. The van der Waals surface area contributed by atoms with Gasteiger partial charge in [-0.15, -0.1) is 22.7 Å². The van der Waals surface area contributed by atoms with E-state index in [-0.39, 0.29) is 17.4 Å². The first-order valence-corrected chi connectivity index (χ1v) is 15.5. The molecule has 4 rings (SSSR count). The lowest BCUT2D eigenvalue weighted by molar-refractivity contribution is 0.0231. The van der Waals surface area contributed by atoms with E-state index in [1.54, 1.807) is 27.2 Å². The minimum atomic E-state index is -0.671. The van der Waals surface area contributed by atoms with Crippen molar-refractivity contribution in [3.8, 4) is 0 Å². The second-order valence-electron chi connectivity index (χ2n) is 11.2. The van der Waals surface area contributed by atoms with Crippen LogP contribution >= 0.6 is 50.2 Å². The predicted molar refractivity (Wildman–Crippen MR) is 160 cm³/mol. The zero-order valence-electron chi connectivity index (χ0n) is 22.9. The molecule has 0 bridgehead atoms. The lowest BCUT2D eigenvalue weighted by Gasteiger charge is -2.27. The first-order valence-electron chi connectivity index (χ1n) is 12.6. The number of pyridine rings is 1. The summed E-state index contributed by atoms with van der Waals surface area (Å²) in [7, 11) is 0. The van der Waals surface area contributed by atoms with Crippen molar-refractivity contribution in [3.05, 3.63) is 43.0 Å². The maximum atomic E-state index is 13.4. The highest BCUT2D eigenvalue weighted by atomic mass is 79.9. The number of carbonyl (C=O) groups excluding carboxylic acids is 2. The van der Waals surface area contributed by atoms with Crippen LogP contribution in [0.3, 0.4) is 0 Å². The molecular formula is C27H33BrClN3O5S2. The van der Waals surface area contributed by atoms with Gasteiger partial charge in [0.1, 0.15) is 16.4 Å². The number of hydrogen-bond donors (Lipinski definition) is 0. The van der Waals surface area contributed by atoms with Crippen LogP contribution in [0, 0.1) is 0 Å². The highest BCUT2D eigenvalue weighted by molar-refractivity contribution is 9.10. The molecule has 0 aromatic carbocycles. The zero-order valence-corrected chi connectivity index (χ0v) is 26.9. The van der Waals surface area contributed by atoms with Gasteiger partial charge in [0.2, 0.25) is 0 Å². The van der Waals surface area contributed by atoms with E-state index >= 15 is 0 Å². The van der Waals surface area contributed by atoms with E-state index in [9.17, 15) is 9.59 Å². The molecule has 1 aliphatic rings. The summed E-state index contributed by atoms with van der Waals surface area (Å²) >= 11 is 13.3. The summed E-state index contributed by atoms with van der Waals surface area (Å²) in [4.78, 5) is 35.9. The molecule has 1 fully saturated rings. The number of rotatable bonds is 4. The van der Waals surface area contributed by atoms with E-state index in [1.165, 1.54) is 11.3 Å². The molecule has 0 N–H and O–H groups in total. The van der Waals surface area contributed by atoms with Crippen LogP contribution in [0.4, 0.5) is 15.3 Å². The summed E-state index contributed by atoms with van der Waals surface area (Å²) in [6.45, 7) is 12.7. The number of aromatic nitrogens is 1. The maximum absolute atomic E-state index is 13.4. The van der Waals surface area contributed by atoms with Gasteiger partial charge in [0, 0.05) is 24.0 Å². The molecule has 2 amide bonds. The number of thiophene rings is 2. The molecule has 8 nitrogen and oxygen atoms in total. The lowest BCUT2D eigenvalue weighted by atomic mass is 10.2. The molecule has 3 aromatic rings. The average molecular weight is 659 g/mol. The van der Waals surface area contributed by atoms with Gasteiger partial charge in [0.25, 0.3) is 0 Å². The summed E-state index contributed by atoms with van der Waals surface area (Å²) in [5.74, 6) is 0. The molecule has 12 heteroatoms. The number of carbonyl (C=O) groups is 2. The summed E-state index contributed by atoms with van der Waals surface area (Å²) in [6, 6.07) is 5.63. The Balaban J connectivity index is 1.68. The van der Waals surface area contributed by atoms with Crippen LogP contribution in [0.15, 0.2) is 28.1 Å². The van der Waals surface area contributed by atoms with Gasteiger partial charge in [-0.2, -0.15) is 0 Å². The van der Waals surface area contributed by atoms with Crippen LogP contribution in [0.25, 0.3) is 10.2 Å². The van der Waals surface area contributed by atoms with Crippen LogP contribution in [0.5, 0.6) is 0 Å². The number of halogens is 2. The smallest absolute Gasteiger partial charge is 0.415 e. The Morgan fingerprint density at radius 2 is 1.92 bits per heavy atom. The van der Waals surface area contributed by atoms with Crippen molar-refractivity contribution in [3.63, 3.8) is 0 Å². The average Bonchev–Trinajstić information content (AvgIpc) is 3.35. The third kappa shape index (κ3) is 7.64. The Morgan fingerprint density at radius 1 is 1.21 bits per heavy atom. The van der Waals surface area contributed by atoms with Gasteiger partial charge in [-0.25, -0.2) is 14.6 Å². The van der Waals surface area contributed by atoms with Gasteiger partial charge in [0.15, 0.2) is 0 Å². The zero-order chi connectivity index (χ0) is 28.5. The highest BCUT2D eigenvalue weighted by Crippen LogP contribution is 2.46. The molecule has 39 heavy (non-hydrogen) atoms. The summed E-state index contributed by atoms with van der Waals surface area (Å²) in [6.07, 6.45) is -0.507. The summed E-state index contributed by atoms with van der Waals surface area (Å²) in [5, 5.41) is 2.24. The topological polar surface area (TPSA) is 81.2 Å². The molecule has 1 unspecified atom stereocenters. The largest absolute Gasteiger partial charge is 0.444 e. The van der Waals surface area contributed by atoms with E-state index in [4.69, 9.17) is 25.8 Å². The van der Waals surface area contributed by atoms with Gasteiger partial charge in [-0.05, 0) is 75.3 Å². The fourth-order valence-corrected chi connectivity index (χ4v) is 7.07. The molecular weight excluding hydrogens is 626 g/mol. The SMILES string of the molecule is CC(C)(C)OC(=O)N1CCOC(c2sc3c(N(Cc4cccs4)C(=O)OC(C)(C)C)cc(Cl)nc3c2Br)CC1. The van der Waals surface area contributed by atoms with Crippen LogP contribution in [0.1, 0.15) is 63.8 Å². The van der Waals surface area contributed by atoms with Crippen molar-refractivity contribution < 1.29 is 23.8 Å². The highest BCUT2D eigenvalue weighted by Gasteiger charge is 2.31. The van der Waals surface area contributed by atoms with E-state index in [0.717, 1.165) is 18.9 Å². The molecule has 1 aliphatic heterocycles. The van der Waals surface area contributed by atoms with Crippen molar-refractivity contribution in [2.75, 3.05) is 24.6 Å². The number of hydrogen-bond acceptors (Lipinski definition) is 8. The fourth-order valence-electron chi connectivity index (χ4n) is 4.03. The van der Waals surface area contributed by atoms with Gasteiger partial charge in [-0.1, -0.05) is 17.7 Å². The Labute approximate surface area is 250 Å². The Hall–Kier alpha value is -1.92. The number of anilines is 1. The van der Waals surface area contributed by atoms with Crippen LogP contribution in [0.2, 0.25) is 5.15 Å². The van der Waals surface area contributed by atoms with E-state index < -0.39 is 17.3 Å². The lowest BCUT2D eigenvalue weighted by Crippen LogP contribution is -2.38. The third-order valence-corrected chi connectivity index (χ3v) is 9.06. The van der Waals surface area contributed by atoms with Crippen LogP contribution in [-0.2, 0) is 20.8 Å². The van der Waals surface area contributed by atoms with Crippen molar-refractivity contribution in [2.45, 2.75) is 71.8 Å². The Kier molecular flexibility index (Phi) is 9.17. The van der Waals surface area contributed by atoms with Crippen molar-refractivity contribution >= 4 is 78.3 Å². The Bertz CT molecular complexity index is 1330. The third-order valence-electron chi connectivity index (χ3n) is 5.64. The molecule has 1 atom stereocenters. The molecule has 0 aliphatic carbocycles. The first-order chi connectivity index (χ1) is 18.2. The van der Waals surface area contributed by atoms with E-state index in [0.29, 0.717) is 43.9 Å². The monoisotopic (exact) mass is 657 g/mol. The van der Waals surface area contributed by atoms with E-state index in [2.05, 4.69) is 20.9 Å². The van der Waals surface area contributed by atoms with Crippen molar-refractivity contribution in [1.82, 2.24) is 9.88 Å². The van der Waals surface area contributed by atoms with Crippen molar-refractivity contribution in [1.29, 1.82) is 0 Å².